The fraction of sp³-hybridized carbons (Fsp3) is 0.538. The second-order valence-electron chi connectivity index (χ2n) is 4.42. The fourth-order valence-electron chi connectivity index (χ4n) is 1.86. The van der Waals surface area contributed by atoms with Gasteiger partial charge >= 0.3 is 0 Å². The molecule has 0 saturated carbocycles. The lowest BCUT2D eigenvalue weighted by Gasteiger charge is -2.31. The standard InChI is InChI=1S/C13H19FO/c1-5-10(3)13(4,15)12-7-6-11(14)8-9(12)2/h6-8,10,15H,5H2,1-4H3. The maximum atomic E-state index is 12.9. The number of rotatable bonds is 3. The van der Waals surface area contributed by atoms with Gasteiger partial charge in [-0.15, -0.1) is 0 Å². The van der Waals surface area contributed by atoms with Crippen LogP contribution in [0.3, 0.4) is 0 Å². The molecule has 2 unspecified atom stereocenters. The smallest absolute Gasteiger partial charge is 0.123 e. The van der Waals surface area contributed by atoms with Crippen LogP contribution in [-0.2, 0) is 5.60 Å². The van der Waals surface area contributed by atoms with Gasteiger partial charge in [-0.05, 0) is 43.0 Å². The van der Waals surface area contributed by atoms with Gasteiger partial charge in [-0.3, -0.25) is 0 Å². The molecule has 84 valence electrons. The van der Waals surface area contributed by atoms with E-state index in [1.807, 2.05) is 20.8 Å². The molecule has 1 N–H and O–H groups in total. The molecule has 0 fully saturated rings. The number of aryl methyl sites for hydroxylation is 1. The summed E-state index contributed by atoms with van der Waals surface area (Å²) in [6, 6.07) is 4.54. The molecule has 1 nitrogen and oxygen atoms in total. The van der Waals surface area contributed by atoms with E-state index in [1.165, 1.54) is 12.1 Å². The Labute approximate surface area is 90.9 Å². The summed E-state index contributed by atoms with van der Waals surface area (Å²) in [5.74, 6) is -0.0992. The minimum atomic E-state index is -0.882. The molecule has 0 amide bonds. The lowest BCUT2D eigenvalue weighted by atomic mass is 9.80. The molecule has 0 aliphatic carbocycles. The highest BCUT2D eigenvalue weighted by Gasteiger charge is 2.30. The summed E-state index contributed by atoms with van der Waals surface area (Å²) < 4.78 is 12.9. The van der Waals surface area contributed by atoms with E-state index in [-0.39, 0.29) is 11.7 Å². The van der Waals surface area contributed by atoms with Gasteiger partial charge < -0.3 is 5.11 Å². The van der Waals surface area contributed by atoms with Crippen LogP contribution >= 0.6 is 0 Å². The van der Waals surface area contributed by atoms with Gasteiger partial charge in [0.15, 0.2) is 0 Å². The first kappa shape index (κ1) is 12.2. The number of benzene rings is 1. The molecule has 0 aliphatic rings. The van der Waals surface area contributed by atoms with E-state index in [2.05, 4.69) is 0 Å². The van der Waals surface area contributed by atoms with Crippen LogP contribution in [-0.4, -0.2) is 5.11 Å². The van der Waals surface area contributed by atoms with Gasteiger partial charge in [0.25, 0.3) is 0 Å². The van der Waals surface area contributed by atoms with Crippen LogP contribution in [0.2, 0.25) is 0 Å². The topological polar surface area (TPSA) is 20.2 Å². The number of hydrogen-bond acceptors (Lipinski definition) is 1. The van der Waals surface area contributed by atoms with Gasteiger partial charge in [-0.25, -0.2) is 4.39 Å². The number of aliphatic hydroxyl groups is 1. The van der Waals surface area contributed by atoms with E-state index in [9.17, 15) is 9.50 Å². The largest absolute Gasteiger partial charge is 0.385 e. The predicted octanol–water partition coefficient (Wildman–Crippen LogP) is 3.39. The van der Waals surface area contributed by atoms with Gasteiger partial charge in [0, 0.05) is 0 Å². The van der Waals surface area contributed by atoms with Crippen molar-refractivity contribution >= 4 is 0 Å². The van der Waals surface area contributed by atoms with Gasteiger partial charge in [0.05, 0.1) is 5.60 Å². The van der Waals surface area contributed by atoms with Crippen LogP contribution in [0.15, 0.2) is 18.2 Å². The van der Waals surface area contributed by atoms with Gasteiger partial charge in [0.2, 0.25) is 0 Å². The van der Waals surface area contributed by atoms with E-state index in [4.69, 9.17) is 0 Å². The van der Waals surface area contributed by atoms with E-state index in [0.29, 0.717) is 0 Å². The van der Waals surface area contributed by atoms with Crippen LogP contribution in [0.4, 0.5) is 4.39 Å². The molecule has 2 atom stereocenters. The molecule has 1 aromatic carbocycles. The third-order valence-corrected chi connectivity index (χ3v) is 3.31. The molecule has 0 spiro atoms. The Kier molecular flexibility index (Phi) is 3.50. The monoisotopic (exact) mass is 210 g/mol. The quantitative estimate of drug-likeness (QED) is 0.810. The lowest BCUT2D eigenvalue weighted by molar-refractivity contribution is -0.000591. The Morgan fingerprint density at radius 1 is 1.47 bits per heavy atom. The van der Waals surface area contributed by atoms with Crippen molar-refractivity contribution < 1.29 is 9.50 Å². The third-order valence-electron chi connectivity index (χ3n) is 3.31. The minimum absolute atomic E-state index is 0.154. The van der Waals surface area contributed by atoms with Gasteiger partial charge in [-0.2, -0.15) is 0 Å². The maximum Gasteiger partial charge on any atom is 0.123 e. The lowest BCUT2D eigenvalue weighted by Crippen LogP contribution is -2.30. The van der Waals surface area contributed by atoms with Crippen molar-refractivity contribution in [1.29, 1.82) is 0 Å². The van der Waals surface area contributed by atoms with Crippen LogP contribution < -0.4 is 0 Å². The Bertz CT molecular complexity index is 344. The second-order valence-corrected chi connectivity index (χ2v) is 4.42. The fourth-order valence-corrected chi connectivity index (χ4v) is 1.86. The average molecular weight is 210 g/mol. The van der Waals surface area contributed by atoms with Crippen LogP contribution in [0.1, 0.15) is 38.3 Å². The molecule has 2 heteroatoms. The molecule has 0 aromatic heterocycles. The van der Waals surface area contributed by atoms with E-state index in [0.717, 1.165) is 17.5 Å². The number of hydrogen-bond donors (Lipinski definition) is 1. The zero-order valence-corrected chi connectivity index (χ0v) is 9.84. The van der Waals surface area contributed by atoms with E-state index < -0.39 is 5.60 Å². The van der Waals surface area contributed by atoms with Crippen LogP contribution in [0.5, 0.6) is 0 Å². The van der Waals surface area contributed by atoms with Crippen LogP contribution in [0.25, 0.3) is 0 Å². The number of halogens is 1. The van der Waals surface area contributed by atoms with Gasteiger partial charge in [-0.1, -0.05) is 26.3 Å². The molecular formula is C13H19FO. The first-order chi connectivity index (χ1) is 6.89. The summed E-state index contributed by atoms with van der Waals surface area (Å²) in [6.45, 7) is 7.66. The second kappa shape index (κ2) is 4.31. The Morgan fingerprint density at radius 2 is 2.07 bits per heavy atom. The molecule has 0 heterocycles. The summed E-state index contributed by atoms with van der Waals surface area (Å²) in [6.07, 6.45) is 0.893. The molecule has 0 saturated heterocycles. The zero-order chi connectivity index (χ0) is 11.6. The molecule has 1 aromatic rings. The van der Waals surface area contributed by atoms with Gasteiger partial charge in [0.1, 0.15) is 5.82 Å². The minimum Gasteiger partial charge on any atom is -0.385 e. The van der Waals surface area contributed by atoms with Crippen molar-refractivity contribution in [3.63, 3.8) is 0 Å². The maximum absolute atomic E-state index is 12.9. The van der Waals surface area contributed by atoms with E-state index in [1.54, 1.807) is 13.0 Å². The SMILES string of the molecule is CCC(C)C(C)(O)c1ccc(F)cc1C. The average Bonchev–Trinajstić information content (AvgIpc) is 2.15. The molecule has 0 bridgehead atoms. The van der Waals surface area contributed by atoms with Crippen molar-refractivity contribution in [2.24, 2.45) is 5.92 Å². The summed E-state index contributed by atoms with van der Waals surface area (Å²) >= 11 is 0. The van der Waals surface area contributed by atoms with E-state index >= 15 is 0 Å². The first-order valence-electron chi connectivity index (χ1n) is 5.38. The van der Waals surface area contributed by atoms with Crippen molar-refractivity contribution in [3.05, 3.63) is 35.1 Å². The molecule has 0 aliphatic heterocycles. The molecule has 15 heavy (non-hydrogen) atoms. The highest BCUT2D eigenvalue weighted by molar-refractivity contribution is 5.31. The summed E-state index contributed by atoms with van der Waals surface area (Å²) in [7, 11) is 0. The summed E-state index contributed by atoms with van der Waals surface area (Å²) in [5, 5.41) is 10.4. The Balaban J connectivity index is 3.15. The molecular weight excluding hydrogens is 191 g/mol. The normalized spacial score (nSPS) is 17.2. The first-order valence-corrected chi connectivity index (χ1v) is 5.38. The Hall–Kier alpha value is -0.890. The highest BCUT2D eigenvalue weighted by Crippen LogP contribution is 2.33. The van der Waals surface area contributed by atoms with Crippen molar-refractivity contribution in [3.8, 4) is 0 Å². The predicted molar refractivity (Wildman–Crippen MR) is 60.2 cm³/mol. The summed E-state index contributed by atoms with van der Waals surface area (Å²) in [5.41, 5.74) is 0.741. The molecule has 1 rings (SSSR count). The van der Waals surface area contributed by atoms with Crippen molar-refractivity contribution in [2.45, 2.75) is 39.7 Å². The van der Waals surface area contributed by atoms with Crippen molar-refractivity contribution in [2.75, 3.05) is 0 Å². The molecule has 0 radical (unpaired) electrons. The highest BCUT2D eigenvalue weighted by atomic mass is 19.1. The summed E-state index contributed by atoms with van der Waals surface area (Å²) in [4.78, 5) is 0. The zero-order valence-electron chi connectivity index (χ0n) is 9.84. The van der Waals surface area contributed by atoms with Crippen LogP contribution in [0, 0.1) is 18.7 Å². The Morgan fingerprint density at radius 3 is 2.53 bits per heavy atom. The third kappa shape index (κ3) is 2.37. The van der Waals surface area contributed by atoms with Crippen molar-refractivity contribution in [1.82, 2.24) is 0 Å².